The van der Waals surface area contributed by atoms with Crippen LogP contribution in [-0.2, 0) is 6.42 Å². The van der Waals surface area contributed by atoms with E-state index in [1.807, 2.05) is 24.3 Å². The van der Waals surface area contributed by atoms with Gasteiger partial charge in [-0.25, -0.2) is 0 Å². The normalized spacial score (nSPS) is 10.2. The summed E-state index contributed by atoms with van der Waals surface area (Å²) >= 11 is 3.37. The summed E-state index contributed by atoms with van der Waals surface area (Å²) in [5.41, 5.74) is 8.07. The number of amides is 1. The average Bonchev–Trinajstić information content (AvgIpc) is 2.49. The summed E-state index contributed by atoms with van der Waals surface area (Å²) in [7, 11) is 1.58. The molecule has 0 aliphatic heterocycles. The van der Waals surface area contributed by atoms with E-state index in [0.29, 0.717) is 17.9 Å². The molecule has 0 fully saturated rings. The maximum Gasteiger partial charge on any atom is 0.252 e. The molecule has 0 atom stereocenters. The molecule has 2 rings (SSSR count). The highest BCUT2D eigenvalue weighted by Gasteiger charge is 2.10. The molecule has 0 spiro atoms. The number of carbonyl (C=O) groups is 1. The number of nitrogen functional groups attached to an aromatic ring is 1. The zero-order valence-electron chi connectivity index (χ0n) is 11.7. The fourth-order valence-corrected chi connectivity index (χ4v) is 2.33. The van der Waals surface area contributed by atoms with Crippen molar-refractivity contribution in [3.63, 3.8) is 0 Å². The van der Waals surface area contributed by atoms with Crippen LogP contribution in [0.3, 0.4) is 0 Å². The predicted molar refractivity (Wildman–Crippen MR) is 87.6 cm³/mol. The van der Waals surface area contributed by atoms with E-state index >= 15 is 0 Å². The van der Waals surface area contributed by atoms with Crippen molar-refractivity contribution in [3.8, 4) is 5.75 Å². The number of halogens is 1. The lowest BCUT2D eigenvalue weighted by Gasteiger charge is -2.09. The quantitative estimate of drug-likeness (QED) is 0.816. The van der Waals surface area contributed by atoms with Crippen molar-refractivity contribution in [2.24, 2.45) is 0 Å². The second-order valence-electron chi connectivity index (χ2n) is 4.59. The van der Waals surface area contributed by atoms with E-state index in [0.717, 1.165) is 22.1 Å². The van der Waals surface area contributed by atoms with E-state index in [4.69, 9.17) is 10.5 Å². The highest BCUT2D eigenvalue weighted by molar-refractivity contribution is 9.10. The van der Waals surface area contributed by atoms with Gasteiger partial charge in [0.2, 0.25) is 0 Å². The van der Waals surface area contributed by atoms with Crippen molar-refractivity contribution in [3.05, 3.63) is 58.1 Å². The number of benzene rings is 2. The summed E-state index contributed by atoms with van der Waals surface area (Å²) < 4.78 is 5.88. The first-order valence-corrected chi connectivity index (χ1v) is 7.35. The van der Waals surface area contributed by atoms with Crippen molar-refractivity contribution in [1.29, 1.82) is 0 Å². The van der Waals surface area contributed by atoms with Crippen molar-refractivity contribution in [1.82, 2.24) is 5.32 Å². The van der Waals surface area contributed by atoms with Crippen LogP contribution in [0, 0.1) is 0 Å². The fraction of sp³-hybridized carbons (Fsp3) is 0.188. The molecule has 5 heteroatoms. The summed E-state index contributed by atoms with van der Waals surface area (Å²) in [6.45, 7) is 0.562. The van der Waals surface area contributed by atoms with E-state index in [-0.39, 0.29) is 5.91 Å². The van der Waals surface area contributed by atoms with E-state index in [1.165, 1.54) is 0 Å². The number of nitrogens with two attached hydrogens (primary N) is 1. The lowest BCUT2D eigenvalue weighted by atomic mass is 10.1. The highest BCUT2D eigenvalue weighted by atomic mass is 79.9. The van der Waals surface area contributed by atoms with Crippen molar-refractivity contribution >= 4 is 27.5 Å². The van der Waals surface area contributed by atoms with Gasteiger partial charge in [-0.2, -0.15) is 0 Å². The van der Waals surface area contributed by atoms with Crippen LogP contribution in [0.1, 0.15) is 15.9 Å². The third-order valence-electron chi connectivity index (χ3n) is 3.10. The fourth-order valence-electron chi connectivity index (χ4n) is 1.91. The maximum atomic E-state index is 12.2. The minimum atomic E-state index is -0.128. The molecule has 1 amide bonds. The van der Waals surface area contributed by atoms with Gasteiger partial charge in [-0.1, -0.05) is 12.1 Å². The molecule has 0 bridgehead atoms. The molecule has 4 nitrogen and oxygen atoms in total. The molecule has 110 valence electrons. The molecular formula is C16H17BrN2O2. The number of nitrogens with one attached hydrogen (secondary N) is 1. The zero-order valence-corrected chi connectivity index (χ0v) is 13.3. The van der Waals surface area contributed by atoms with Gasteiger partial charge in [0.25, 0.3) is 5.91 Å². The third kappa shape index (κ3) is 4.23. The Bertz CT molecular complexity index is 627. The summed E-state index contributed by atoms with van der Waals surface area (Å²) in [5, 5.41) is 2.90. The lowest BCUT2D eigenvalue weighted by molar-refractivity contribution is 0.0953. The molecule has 0 radical (unpaired) electrons. The van der Waals surface area contributed by atoms with E-state index < -0.39 is 0 Å². The van der Waals surface area contributed by atoms with Gasteiger partial charge in [0, 0.05) is 16.7 Å². The summed E-state index contributed by atoms with van der Waals surface area (Å²) in [6.07, 6.45) is 0.758. The second-order valence-corrected chi connectivity index (χ2v) is 5.45. The maximum absolute atomic E-state index is 12.2. The average molecular weight is 349 g/mol. The molecule has 2 aromatic carbocycles. The van der Waals surface area contributed by atoms with Crippen LogP contribution in [0.5, 0.6) is 5.75 Å². The SMILES string of the molecule is COc1ccc(Br)c(C(=O)NCCc2ccc(N)cc2)c1. The van der Waals surface area contributed by atoms with Gasteiger partial charge in [0.05, 0.1) is 12.7 Å². The van der Waals surface area contributed by atoms with Crippen LogP contribution in [0.25, 0.3) is 0 Å². The monoisotopic (exact) mass is 348 g/mol. The van der Waals surface area contributed by atoms with Crippen LogP contribution in [0.4, 0.5) is 5.69 Å². The molecule has 0 aromatic heterocycles. The molecular weight excluding hydrogens is 332 g/mol. The Kier molecular flexibility index (Phi) is 5.22. The van der Waals surface area contributed by atoms with Crippen LogP contribution in [0.15, 0.2) is 46.9 Å². The minimum Gasteiger partial charge on any atom is -0.497 e. The molecule has 0 saturated carbocycles. The molecule has 0 aliphatic carbocycles. The number of anilines is 1. The highest BCUT2D eigenvalue weighted by Crippen LogP contribution is 2.22. The van der Waals surface area contributed by atoms with Crippen LogP contribution in [0.2, 0.25) is 0 Å². The topological polar surface area (TPSA) is 64.3 Å². The molecule has 3 N–H and O–H groups in total. The Morgan fingerprint density at radius 2 is 1.95 bits per heavy atom. The number of hydrogen-bond acceptors (Lipinski definition) is 3. The molecule has 0 aliphatic rings. The van der Waals surface area contributed by atoms with Gasteiger partial charge in [0.1, 0.15) is 5.75 Å². The predicted octanol–water partition coefficient (Wildman–Crippen LogP) is 3.01. The number of hydrogen-bond donors (Lipinski definition) is 2. The number of ether oxygens (including phenoxy) is 1. The number of rotatable bonds is 5. The summed E-state index contributed by atoms with van der Waals surface area (Å²) in [6, 6.07) is 12.9. The van der Waals surface area contributed by atoms with E-state index in [1.54, 1.807) is 25.3 Å². The first-order valence-electron chi connectivity index (χ1n) is 6.56. The smallest absolute Gasteiger partial charge is 0.252 e. The number of carbonyl (C=O) groups excluding carboxylic acids is 1. The van der Waals surface area contributed by atoms with Gasteiger partial charge < -0.3 is 15.8 Å². The van der Waals surface area contributed by atoms with Crippen LogP contribution >= 0.6 is 15.9 Å². The standard InChI is InChI=1S/C16H17BrN2O2/c1-21-13-6-7-15(17)14(10-13)16(20)19-9-8-11-2-4-12(18)5-3-11/h2-7,10H,8-9,18H2,1H3,(H,19,20). The Labute approximate surface area is 132 Å². The molecule has 21 heavy (non-hydrogen) atoms. The van der Waals surface area contributed by atoms with E-state index in [9.17, 15) is 4.79 Å². The molecule has 2 aromatic rings. The van der Waals surface area contributed by atoms with Gasteiger partial charge in [0.15, 0.2) is 0 Å². The molecule has 0 heterocycles. The zero-order chi connectivity index (χ0) is 15.2. The van der Waals surface area contributed by atoms with Crippen molar-refractivity contribution in [2.75, 3.05) is 19.4 Å². The Morgan fingerprint density at radius 1 is 1.24 bits per heavy atom. The second kappa shape index (κ2) is 7.13. The van der Waals surface area contributed by atoms with Gasteiger partial charge in [-0.05, 0) is 58.2 Å². The molecule has 0 unspecified atom stereocenters. The van der Waals surface area contributed by atoms with Crippen molar-refractivity contribution in [2.45, 2.75) is 6.42 Å². The largest absolute Gasteiger partial charge is 0.497 e. The summed E-state index contributed by atoms with van der Waals surface area (Å²) in [4.78, 5) is 12.2. The lowest BCUT2D eigenvalue weighted by Crippen LogP contribution is -2.26. The Morgan fingerprint density at radius 3 is 2.62 bits per heavy atom. The summed E-state index contributed by atoms with van der Waals surface area (Å²) in [5.74, 6) is 0.526. The third-order valence-corrected chi connectivity index (χ3v) is 3.79. The van der Waals surface area contributed by atoms with E-state index in [2.05, 4.69) is 21.2 Å². The van der Waals surface area contributed by atoms with Gasteiger partial charge in [-0.15, -0.1) is 0 Å². The van der Waals surface area contributed by atoms with Gasteiger partial charge in [-0.3, -0.25) is 4.79 Å². The number of methoxy groups -OCH3 is 1. The van der Waals surface area contributed by atoms with Crippen LogP contribution in [-0.4, -0.2) is 19.6 Å². The van der Waals surface area contributed by atoms with Crippen molar-refractivity contribution < 1.29 is 9.53 Å². The minimum absolute atomic E-state index is 0.128. The Hall–Kier alpha value is -2.01. The van der Waals surface area contributed by atoms with Gasteiger partial charge >= 0.3 is 0 Å². The first-order chi connectivity index (χ1) is 10.1. The Balaban J connectivity index is 1.94. The molecule has 0 saturated heterocycles. The first kappa shape index (κ1) is 15.4. The van der Waals surface area contributed by atoms with Crippen LogP contribution < -0.4 is 15.8 Å².